The van der Waals surface area contributed by atoms with E-state index in [-0.39, 0.29) is 0 Å². The van der Waals surface area contributed by atoms with Crippen LogP contribution in [0.4, 0.5) is 0 Å². The molecule has 0 radical (unpaired) electrons. The van der Waals surface area contributed by atoms with E-state index in [9.17, 15) is 0 Å². The normalized spacial score (nSPS) is 11.5. The molecule has 0 N–H and O–H groups in total. The molecule has 0 aliphatic heterocycles. The summed E-state index contributed by atoms with van der Waals surface area (Å²) in [4.78, 5) is 15.8. The summed E-state index contributed by atoms with van der Waals surface area (Å²) in [6, 6.07) is 70.0. The smallest absolute Gasteiger partial charge is 0.164 e. The van der Waals surface area contributed by atoms with Gasteiger partial charge in [-0.2, -0.15) is 0 Å². The van der Waals surface area contributed by atoms with Crippen LogP contribution in [-0.4, -0.2) is 15.0 Å². The number of hydrogen-bond acceptors (Lipinski definition) is 4. The van der Waals surface area contributed by atoms with E-state index in [1.807, 2.05) is 30.3 Å². The van der Waals surface area contributed by atoms with Crippen LogP contribution >= 0.6 is 0 Å². The molecular weight excluding hydrogens is 695 g/mol. The lowest BCUT2D eigenvalue weighted by molar-refractivity contribution is 0.669. The molecule has 4 heteroatoms. The first kappa shape index (κ1) is 32.7. The van der Waals surface area contributed by atoms with Crippen LogP contribution in [-0.2, 0) is 0 Å². The Labute approximate surface area is 329 Å². The number of para-hydroxylation sites is 1. The van der Waals surface area contributed by atoms with E-state index >= 15 is 0 Å². The minimum Gasteiger partial charge on any atom is -0.456 e. The van der Waals surface area contributed by atoms with Crippen LogP contribution < -0.4 is 0 Å². The van der Waals surface area contributed by atoms with Crippen molar-refractivity contribution in [3.05, 3.63) is 200 Å². The molecule has 9 aromatic carbocycles. The van der Waals surface area contributed by atoms with Gasteiger partial charge in [-0.15, -0.1) is 0 Å². The minimum atomic E-state index is 0.580. The topological polar surface area (TPSA) is 51.8 Å². The average molecular weight is 728 g/mol. The highest BCUT2D eigenvalue weighted by atomic mass is 16.3. The fraction of sp³-hybridized carbons (Fsp3) is 0. The van der Waals surface area contributed by atoms with Crippen molar-refractivity contribution in [1.82, 2.24) is 15.0 Å². The third kappa shape index (κ3) is 5.83. The van der Waals surface area contributed by atoms with Crippen molar-refractivity contribution < 1.29 is 4.42 Å². The maximum Gasteiger partial charge on any atom is 0.164 e. The molecule has 2 aromatic heterocycles. The van der Waals surface area contributed by atoms with Gasteiger partial charge < -0.3 is 4.42 Å². The Balaban J connectivity index is 1.17. The molecule has 266 valence electrons. The van der Waals surface area contributed by atoms with Crippen molar-refractivity contribution in [3.63, 3.8) is 0 Å². The number of aromatic nitrogens is 3. The van der Waals surface area contributed by atoms with Gasteiger partial charge in [0.25, 0.3) is 0 Å². The first-order valence-electron chi connectivity index (χ1n) is 19.2. The standard InChI is InChI=1S/C53H33N3O/c1-3-15-35(16-4-1)43-29-28-40(31-46(43)44-24-13-21-36-17-9-10-22-42(36)44)52-54-51(37-18-5-2-6-19-37)55-53(56-52)47-32-41(39-27-26-34-14-7-8-20-38(34)30-39)33-49-50(47)45-23-11-12-25-48(45)57-49/h1-33H. The van der Waals surface area contributed by atoms with Gasteiger partial charge in [-0.3, -0.25) is 0 Å². The summed E-state index contributed by atoms with van der Waals surface area (Å²) >= 11 is 0. The zero-order valence-electron chi connectivity index (χ0n) is 30.8. The Kier molecular flexibility index (Phi) is 7.78. The van der Waals surface area contributed by atoms with E-state index in [4.69, 9.17) is 19.4 Å². The number of hydrogen-bond donors (Lipinski definition) is 0. The Hall–Kier alpha value is -7.69. The quantitative estimate of drug-likeness (QED) is 0.171. The second-order valence-corrected chi connectivity index (χ2v) is 14.4. The molecule has 0 amide bonds. The van der Waals surface area contributed by atoms with E-state index in [0.29, 0.717) is 17.5 Å². The van der Waals surface area contributed by atoms with Gasteiger partial charge >= 0.3 is 0 Å². The summed E-state index contributed by atoms with van der Waals surface area (Å²) in [7, 11) is 0. The largest absolute Gasteiger partial charge is 0.456 e. The van der Waals surface area contributed by atoms with Crippen molar-refractivity contribution in [3.8, 4) is 67.5 Å². The number of nitrogens with zero attached hydrogens (tertiary/aromatic N) is 3. The van der Waals surface area contributed by atoms with Crippen molar-refractivity contribution in [1.29, 1.82) is 0 Å². The predicted molar refractivity (Wildman–Crippen MR) is 235 cm³/mol. The monoisotopic (exact) mass is 727 g/mol. The number of benzene rings is 9. The van der Waals surface area contributed by atoms with Gasteiger partial charge in [0.1, 0.15) is 11.2 Å². The van der Waals surface area contributed by atoms with E-state index in [1.54, 1.807) is 0 Å². The van der Waals surface area contributed by atoms with Crippen molar-refractivity contribution in [2.45, 2.75) is 0 Å². The van der Waals surface area contributed by atoms with Crippen LogP contribution in [0.25, 0.3) is 111 Å². The SMILES string of the molecule is c1ccc(-c2nc(-c3ccc(-c4ccccc4)c(-c4cccc5ccccc45)c3)nc(-c3cc(-c4ccc5ccccc5c4)cc4oc5ccccc5c34)n2)cc1. The Morgan fingerprint density at radius 2 is 0.895 bits per heavy atom. The van der Waals surface area contributed by atoms with Crippen molar-refractivity contribution >= 4 is 43.5 Å². The van der Waals surface area contributed by atoms with Gasteiger partial charge in [0.05, 0.1) is 0 Å². The minimum absolute atomic E-state index is 0.580. The van der Waals surface area contributed by atoms with Crippen LogP contribution in [0.15, 0.2) is 205 Å². The van der Waals surface area contributed by atoms with Gasteiger partial charge in [0, 0.05) is 27.5 Å². The van der Waals surface area contributed by atoms with Crippen molar-refractivity contribution in [2.75, 3.05) is 0 Å². The van der Waals surface area contributed by atoms with E-state index in [2.05, 4.69) is 170 Å². The van der Waals surface area contributed by atoms with Gasteiger partial charge in [-0.1, -0.05) is 170 Å². The van der Waals surface area contributed by atoms with Gasteiger partial charge in [-0.05, 0) is 85.3 Å². The number of fused-ring (bicyclic) bond motifs is 5. The third-order valence-corrected chi connectivity index (χ3v) is 10.9. The van der Waals surface area contributed by atoms with E-state index in [0.717, 1.165) is 72.0 Å². The number of rotatable bonds is 6. The first-order valence-corrected chi connectivity index (χ1v) is 19.2. The highest BCUT2D eigenvalue weighted by Gasteiger charge is 2.21. The Morgan fingerprint density at radius 3 is 1.72 bits per heavy atom. The summed E-state index contributed by atoms with van der Waals surface area (Å²) in [6.45, 7) is 0. The lowest BCUT2D eigenvalue weighted by Crippen LogP contribution is -2.01. The zero-order chi connectivity index (χ0) is 37.7. The summed E-state index contributed by atoms with van der Waals surface area (Å²) < 4.78 is 6.58. The molecule has 0 unspecified atom stereocenters. The molecule has 0 aliphatic rings. The molecule has 0 bridgehead atoms. The summed E-state index contributed by atoms with van der Waals surface area (Å²) in [5.41, 5.74) is 11.0. The molecule has 0 fully saturated rings. The lowest BCUT2D eigenvalue weighted by Gasteiger charge is -2.15. The lowest BCUT2D eigenvalue weighted by atomic mass is 9.90. The Morgan fingerprint density at radius 1 is 0.281 bits per heavy atom. The molecule has 0 saturated heterocycles. The third-order valence-electron chi connectivity index (χ3n) is 10.9. The van der Waals surface area contributed by atoms with Crippen molar-refractivity contribution in [2.24, 2.45) is 0 Å². The van der Waals surface area contributed by atoms with E-state index < -0.39 is 0 Å². The van der Waals surface area contributed by atoms with Crippen LogP contribution in [0, 0.1) is 0 Å². The van der Waals surface area contributed by atoms with E-state index in [1.165, 1.54) is 21.5 Å². The molecule has 2 heterocycles. The highest BCUT2D eigenvalue weighted by molar-refractivity contribution is 6.13. The maximum absolute atomic E-state index is 6.58. The molecular formula is C53H33N3O. The van der Waals surface area contributed by atoms with Crippen LogP contribution in [0.1, 0.15) is 0 Å². The predicted octanol–water partition coefficient (Wildman–Crippen LogP) is 14.1. The number of furan rings is 1. The van der Waals surface area contributed by atoms with Gasteiger partial charge in [0.15, 0.2) is 17.5 Å². The Bertz CT molecular complexity index is 3290. The summed E-state index contributed by atoms with van der Waals surface area (Å²) in [5.74, 6) is 1.78. The summed E-state index contributed by atoms with van der Waals surface area (Å²) in [5, 5.41) is 6.74. The molecule has 4 nitrogen and oxygen atoms in total. The molecule has 0 spiro atoms. The molecule has 57 heavy (non-hydrogen) atoms. The highest BCUT2D eigenvalue weighted by Crippen LogP contribution is 2.42. The second kappa shape index (κ2) is 13.6. The molecule has 0 atom stereocenters. The molecule has 11 aromatic rings. The average Bonchev–Trinajstić information content (AvgIpc) is 3.67. The molecule has 0 aliphatic carbocycles. The van der Waals surface area contributed by atoms with Crippen LogP contribution in [0.3, 0.4) is 0 Å². The maximum atomic E-state index is 6.58. The molecule has 11 rings (SSSR count). The fourth-order valence-corrected chi connectivity index (χ4v) is 8.14. The summed E-state index contributed by atoms with van der Waals surface area (Å²) in [6.07, 6.45) is 0. The van der Waals surface area contributed by atoms with Gasteiger partial charge in [0.2, 0.25) is 0 Å². The fourth-order valence-electron chi connectivity index (χ4n) is 8.14. The zero-order valence-corrected chi connectivity index (χ0v) is 30.8. The van der Waals surface area contributed by atoms with Crippen LogP contribution in [0.2, 0.25) is 0 Å². The van der Waals surface area contributed by atoms with Crippen LogP contribution in [0.5, 0.6) is 0 Å². The first-order chi connectivity index (χ1) is 28.2. The molecule has 0 saturated carbocycles. The van der Waals surface area contributed by atoms with Gasteiger partial charge in [-0.25, -0.2) is 15.0 Å². The second-order valence-electron chi connectivity index (χ2n) is 14.4.